The standard InChI is InChI=1S/C18H21NO5/c1-19-15(20)10-11-8-9-13(22-2)17(21)16(11)12-6-5-7-14(23-3)18(12)24-4/h5-9,21H,10H2,1-4H3,(H,19,20). The molecule has 0 spiro atoms. The van der Waals surface area contributed by atoms with E-state index in [1.54, 1.807) is 44.5 Å². The fraction of sp³-hybridized carbons (Fsp3) is 0.278. The first-order chi connectivity index (χ1) is 11.6. The zero-order valence-corrected chi connectivity index (χ0v) is 14.2. The quantitative estimate of drug-likeness (QED) is 0.850. The molecule has 0 heterocycles. The van der Waals surface area contributed by atoms with Gasteiger partial charge in [-0.3, -0.25) is 4.79 Å². The van der Waals surface area contributed by atoms with Gasteiger partial charge in [0.15, 0.2) is 23.0 Å². The smallest absolute Gasteiger partial charge is 0.224 e. The lowest BCUT2D eigenvalue weighted by molar-refractivity contribution is -0.119. The molecule has 0 saturated heterocycles. The number of nitrogens with one attached hydrogen (secondary N) is 1. The highest BCUT2D eigenvalue weighted by Gasteiger charge is 2.21. The van der Waals surface area contributed by atoms with Crippen LogP contribution >= 0.6 is 0 Å². The summed E-state index contributed by atoms with van der Waals surface area (Å²) in [4.78, 5) is 11.8. The van der Waals surface area contributed by atoms with Gasteiger partial charge in [-0.25, -0.2) is 0 Å². The maximum atomic E-state index is 11.8. The third-order valence-electron chi connectivity index (χ3n) is 3.75. The van der Waals surface area contributed by atoms with Crippen LogP contribution in [0.3, 0.4) is 0 Å². The van der Waals surface area contributed by atoms with Crippen molar-refractivity contribution in [3.63, 3.8) is 0 Å². The number of hydrogen-bond acceptors (Lipinski definition) is 5. The Balaban J connectivity index is 2.74. The Labute approximate surface area is 141 Å². The van der Waals surface area contributed by atoms with Crippen molar-refractivity contribution in [2.45, 2.75) is 6.42 Å². The SMILES string of the molecule is CNC(=O)Cc1ccc(OC)c(O)c1-c1cccc(OC)c1OC. The Morgan fingerprint density at radius 3 is 2.33 bits per heavy atom. The maximum Gasteiger partial charge on any atom is 0.224 e. The van der Waals surface area contributed by atoms with Gasteiger partial charge in [0.05, 0.1) is 27.8 Å². The highest BCUT2D eigenvalue weighted by molar-refractivity contribution is 5.87. The lowest BCUT2D eigenvalue weighted by Crippen LogP contribution is -2.20. The van der Waals surface area contributed by atoms with Gasteiger partial charge < -0.3 is 24.6 Å². The Hall–Kier alpha value is -2.89. The van der Waals surface area contributed by atoms with E-state index in [0.717, 1.165) is 0 Å². The molecule has 2 aromatic carbocycles. The predicted molar refractivity (Wildman–Crippen MR) is 91.0 cm³/mol. The summed E-state index contributed by atoms with van der Waals surface area (Å²) in [5, 5.41) is 13.2. The molecule has 0 aliphatic carbocycles. The van der Waals surface area contributed by atoms with Crippen molar-refractivity contribution < 1.29 is 24.1 Å². The summed E-state index contributed by atoms with van der Waals surface area (Å²) in [6.45, 7) is 0. The third-order valence-corrected chi connectivity index (χ3v) is 3.75. The van der Waals surface area contributed by atoms with Crippen LogP contribution in [0.15, 0.2) is 30.3 Å². The number of carbonyl (C=O) groups is 1. The predicted octanol–water partition coefficient (Wildman–Crippen LogP) is 2.37. The average Bonchev–Trinajstić information content (AvgIpc) is 2.61. The van der Waals surface area contributed by atoms with Crippen LogP contribution in [0, 0.1) is 0 Å². The number of phenols is 1. The third kappa shape index (κ3) is 3.22. The van der Waals surface area contributed by atoms with Crippen LogP contribution in [0.4, 0.5) is 0 Å². The highest BCUT2D eigenvalue weighted by Crippen LogP contribution is 2.46. The molecule has 0 atom stereocenters. The number of hydrogen-bond donors (Lipinski definition) is 2. The van der Waals surface area contributed by atoms with E-state index in [1.807, 2.05) is 0 Å². The molecule has 2 N–H and O–H groups in total. The topological polar surface area (TPSA) is 77.0 Å². The number of carbonyl (C=O) groups excluding carboxylic acids is 1. The summed E-state index contributed by atoms with van der Waals surface area (Å²) in [7, 11) is 6.10. The lowest BCUT2D eigenvalue weighted by atomic mass is 9.94. The molecular formula is C18H21NO5. The molecule has 128 valence electrons. The number of amides is 1. The van der Waals surface area contributed by atoms with Gasteiger partial charge in [0.2, 0.25) is 5.91 Å². The van der Waals surface area contributed by atoms with E-state index in [0.29, 0.717) is 33.9 Å². The molecule has 0 radical (unpaired) electrons. The molecule has 0 bridgehead atoms. The van der Waals surface area contributed by atoms with Crippen LogP contribution < -0.4 is 19.5 Å². The van der Waals surface area contributed by atoms with E-state index in [1.165, 1.54) is 14.2 Å². The van der Waals surface area contributed by atoms with Gasteiger partial charge in [0, 0.05) is 18.2 Å². The van der Waals surface area contributed by atoms with Crippen LogP contribution in [0.25, 0.3) is 11.1 Å². The van der Waals surface area contributed by atoms with E-state index in [4.69, 9.17) is 14.2 Å². The molecule has 0 saturated carbocycles. The van der Waals surface area contributed by atoms with E-state index in [9.17, 15) is 9.90 Å². The van der Waals surface area contributed by atoms with Crippen molar-refractivity contribution in [1.82, 2.24) is 5.32 Å². The van der Waals surface area contributed by atoms with Gasteiger partial charge in [-0.1, -0.05) is 18.2 Å². The highest BCUT2D eigenvalue weighted by atomic mass is 16.5. The van der Waals surface area contributed by atoms with Crippen LogP contribution in [0.1, 0.15) is 5.56 Å². The zero-order chi connectivity index (χ0) is 17.7. The molecule has 2 rings (SSSR count). The fourth-order valence-corrected chi connectivity index (χ4v) is 2.57. The van der Waals surface area contributed by atoms with Crippen molar-refractivity contribution in [2.24, 2.45) is 0 Å². The Kier molecular flexibility index (Phi) is 5.52. The van der Waals surface area contributed by atoms with Crippen LogP contribution in [-0.2, 0) is 11.2 Å². The second-order valence-electron chi connectivity index (χ2n) is 5.04. The summed E-state index contributed by atoms with van der Waals surface area (Å²) in [5.74, 6) is 1.11. The Bertz CT molecular complexity index is 742. The summed E-state index contributed by atoms with van der Waals surface area (Å²) >= 11 is 0. The lowest BCUT2D eigenvalue weighted by Gasteiger charge is -2.18. The van der Waals surface area contributed by atoms with Crippen molar-refractivity contribution in [3.05, 3.63) is 35.9 Å². The molecular weight excluding hydrogens is 310 g/mol. The number of rotatable bonds is 6. The first kappa shape index (κ1) is 17.5. The minimum Gasteiger partial charge on any atom is -0.504 e. The first-order valence-electron chi connectivity index (χ1n) is 7.38. The van der Waals surface area contributed by atoms with Gasteiger partial charge in [0.25, 0.3) is 0 Å². The number of likely N-dealkylation sites (N-methyl/N-ethyl adjacent to an activating group) is 1. The summed E-state index contributed by atoms with van der Waals surface area (Å²) in [6.07, 6.45) is 0.115. The van der Waals surface area contributed by atoms with E-state index in [-0.39, 0.29) is 18.1 Å². The molecule has 24 heavy (non-hydrogen) atoms. The number of ether oxygens (including phenoxy) is 3. The van der Waals surface area contributed by atoms with E-state index < -0.39 is 0 Å². The average molecular weight is 331 g/mol. The van der Waals surface area contributed by atoms with Gasteiger partial charge in [-0.15, -0.1) is 0 Å². The molecule has 0 aliphatic heterocycles. The summed E-state index contributed by atoms with van der Waals surface area (Å²) < 4.78 is 16.0. The van der Waals surface area contributed by atoms with Crippen molar-refractivity contribution in [3.8, 4) is 34.1 Å². The summed E-state index contributed by atoms with van der Waals surface area (Å²) in [5.41, 5.74) is 1.75. The van der Waals surface area contributed by atoms with Crippen molar-refractivity contribution >= 4 is 5.91 Å². The first-order valence-corrected chi connectivity index (χ1v) is 7.38. The molecule has 2 aromatic rings. The van der Waals surface area contributed by atoms with Gasteiger partial charge in [-0.2, -0.15) is 0 Å². The monoisotopic (exact) mass is 331 g/mol. The van der Waals surface area contributed by atoms with Gasteiger partial charge >= 0.3 is 0 Å². The summed E-state index contributed by atoms with van der Waals surface area (Å²) in [6, 6.07) is 8.73. The van der Waals surface area contributed by atoms with Crippen molar-refractivity contribution in [1.29, 1.82) is 0 Å². The molecule has 6 nitrogen and oxygen atoms in total. The minimum atomic E-state index is -0.164. The molecule has 0 fully saturated rings. The number of methoxy groups -OCH3 is 3. The number of phenolic OH excluding ortho intramolecular Hbond substituents is 1. The second kappa shape index (κ2) is 7.59. The number of benzene rings is 2. The normalized spacial score (nSPS) is 10.2. The molecule has 1 amide bonds. The number of para-hydroxylation sites is 1. The maximum absolute atomic E-state index is 11.8. The van der Waals surface area contributed by atoms with Gasteiger partial charge in [-0.05, 0) is 17.7 Å². The van der Waals surface area contributed by atoms with Crippen LogP contribution in [-0.4, -0.2) is 39.4 Å². The second-order valence-corrected chi connectivity index (χ2v) is 5.04. The van der Waals surface area contributed by atoms with Crippen LogP contribution in [0.2, 0.25) is 0 Å². The Morgan fingerprint density at radius 1 is 1.04 bits per heavy atom. The molecule has 0 aliphatic rings. The zero-order valence-electron chi connectivity index (χ0n) is 14.2. The fourth-order valence-electron chi connectivity index (χ4n) is 2.57. The van der Waals surface area contributed by atoms with E-state index in [2.05, 4.69) is 5.32 Å². The van der Waals surface area contributed by atoms with Crippen molar-refractivity contribution in [2.75, 3.05) is 28.4 Å². The Morgan fingerprint density at radius 2 is 1.75 bits per heavy atom. The largest absolute Gasteiger partial charge is 0.504 e. The molecule has 6 heteroatoms. The molecule has 0 unspecified atom stereocenters. The van der Waals surface area contributed by atoms with Gasteiger partial charge in [0.1, 0.15) is 0 Å². The van der Waals surface area contributed by atoms with Crippen LogP contribution in [0.5, 0.6) is 23.0 Å². The minimum absolute atomic E-state index is 0.0505. The number of aromatic hydroxyl groups is 1. The van der Waals surface area contributed by atoms with E-state index >= 15 is 0 Å². The molecule has 0 aromatic heterocycles.